The number of hydrogen-bond donors (Lipinski definition) is 2. The Morgan fingerprint density at radius 3 is 2.88 bits per heavy atom. The Morgan fingerprint density at radius 2 is 2.24 bits per heavy atom. The molecule has 5 nitrogen and oxygen atoms in total. The van der Waals surface area contributed by atoms with Crippen LogP contribution < -0.4 is 5.32 Å². The van der Waals surface area contributed by atoms with Crippen LogP contribution in [0.25, 0.3) is 0 Å². The summed E-state index contributed by atoms with van der Waals surface area (Å²) in [7, 11) is 0. The van der Waals surface area contributed by atoms with Crippen LogP contribution in [-0.2, 0) is 0 Å². The highest BCUT2D eigenvalue weighted by atomic mass is 19.1. The third-order valence-corrected chi connectivity index (χ3v) is 2.31. The van der Waals surface area contributed by atoms with Crippen LogP contribution in [0.15, 0.2) is 30.6 Å². The molecule has 1 aromatic carbocycles. The maximum atomic E-state index is 13.3. The largest absolute Gasteiger partial charge is 0.342 e. The van der Waals surface area contributed by atoms with Crippen LogP contribution in [-0.4, -0.2) is 21.1 Å². The number of carbonyl (C=O) groups is 1. The highest BCUT2D eigenvalue weighted by Gasteiger charge is 2.15. The monoisotopic (exact) mass is 234 g/mol. The zero-order valence-electron chi connectivity index (χ0n) is 9.14. The van der Waals surface area contributed by atoms with Gasteiger partial charge in [0, 0.05) is 0 Å². The first kappa shape index (κ1) is 11.3. The van der Waals surface area contributed by atoms with Crippen LogP contribution in [0, 0.1) is 5.82 Å². The van der Waals surface area contributed by atoms with Gasteiger partial charge in [-0.3, -0.25) is 9.89 Å². The number of H-pyrrole nitrogens is 1. The van der Waals surface area contributed by atoms with E-state index in [0.29, 0.717) is 5.82 Å². The van der Waals surface area contributed by atoms with Crippen molar-refractivity contribution in [1.82, 2.24) is 20.5 Å². The fraction of sp³-hybridized carbons (Fsp3) is 0.182. The molecule has 2 aromatic rings. The zero-order chi connectivity index (χ0) is 12.3. The number of hydrogen-bond acceptors (Lipinski definition) is 3. The number of aromatic nitrogens is 3. The molecule has 1 amide bonds. The van der Waals surface area contributed by atoms with Gasteiger partial charge in [0.1, 0.15) is 18.0 Å². The normalized spacial score (nSPS) is 12.1. The Labute approximate surface area is 97.1 Å². The minimum atomic E-state index is -0.547. The average Bonchev–Trinajstić information content (AvgIpc) is 2.82. The molecule has 0 saturated carbocycles. The molecular formula is C11H11FN4O. The van der Waals surface area contributed by atoms with E-state index in [4.69, 9.17) is 0 Å². The lowest BCUT2D eigenvalue weighted by molar-refractivity contribution is 0.0934. The highest BCUT2D eigenvalue weighted by Crippen LogP contribution is 2.09. The molecule has 0 aliphatic rings. The van der Waals surface area contributed by atoms with Gasteiger partial charge >= 0.3 is 0 Å². The molecular weight excluding hydrogens is 223 g/mol. The van der Waals surface area contributed by atoms with Crippen LogP contribution in [0.2, 0.25) is 0 Å². The average molecular weight is 234 g/mol. The van der Waals surface area contributed by atoms with Crippen molar-refractivity contribution in [1.29, 1.82) is 0 Å². The lowest BCUT2D eigenvalue weighted by atomic mass is 10.2. The van der Waals surface area contributed by atoms with E-state index >= 15 is 0 Å². The van der Waals surface area contributed by atoms with Gasteiger partial charge in [0.15, 0.2) is 0 Å². The topological polar surface area (TPSA) is 70.7 Å². The van der Waals surface area contributed by atoms with Crippen molar-refractivity contribution in [3.63, 3.8) is 0 Å². The fourth-order valence-electron chi connectivity index (χ4n) is 1.41. The molecule has 0 saturated heterocycles. The number of nitrogens with zero attached hydrogens (tertiary/aromatic N) is 2. The Morgan fingerprint density at radius 1 is 1.47 bits per heavy atom. The second-order valence-corrected chi connectivity index (χ2v) is 3.55. The first-order chi connectivity index (χ1) is 8.18. The minimum Gasteiger partial charge on any atom is -0.342 e. The number of aromatic amines is 1. The third kappa shape index (κ3) is 2.47. The predicted molar refractivity (Wildman–Crippen MR) is 58.7 cm³/mol. The third-order valence-electron chi connectivity index (χ3n) is 2.31. The molecule has 0 radical (unpaired) electrons. The van der Waals surface area contributed by atoms with Crippen LogP contribution in [0.3, 0.4) is 0 Å². The van der Waals surface area contributed by atoms with Gasteiger partial charge in [-0.25, -0.2) is 9.37 Å². The zero-order valence-corrected chi connectivity index (χ0v) is 9.14. The molecule has 2 N–H and O–H groups in total. The summed E-state index contributed by atoms with van der Waals surface area (Å²) in [6.45, 7) is 1.74. The fourth-order valence-corrected chi connectivity index (χ4v) is 1.41. The van der Waals surface area contributed by atoms with Crippen LogP contribution in [0.5, 0.6) is 0 Å². The maximum absolute atomic E-state index is 13.3. The van der Waals surface area contributed by atoms with E-state index in [0.717, 1.165) is 0 Å². The second kappa shape index (κ2) is 4.73. The quantitative estimate of drug-likeness (QED) is 0.844. The number of halogens is 1. The van der Waals surface area contributed by atoms with Crippen molar-refractivity contribution in [2.75, 3.05) is 0 Å². The molecule has 1 atom stereocenters. The summed E-state index contributed by atoms with van der Waals surface area (Å²) in [4.78, 5) is 15.7. The van der Waals surface area contributed by atoms with Crippen LogP contribution in [0.1, 0.15) is 29.1 Å². The number of nitrogens with one attached hydrogen (secondary N) is 2. The summed E-state index contributed by atoms with van der Waals surface area (Å²) >= 11 is 0. The Hall–Kier alpha value is -2.24. The van der Waals surface area contributed by atoms with Gasteiger partial charge in [-0.1, -0.05) is 12.1 Å². The van der Waals surface area contributed by atoms with Gasteiger partial charge in [-0.2, -0.15) is 5.10 Å². The van der Waals surface area contributed by atoms with Crippen molar-refractivity contribution >= 4 is 5.91 Å². The van der Waals surface area contributed by atoms with E-state index in [1.807, 2.05) is 0 Å². The molecule has 88 valence electrons. The lowest BCUT2D eigenvalue weighted by Gasteiger charge is -2.11. The van der Waals surface area contributed by atoms with Crippen molar-refractivity contribution in [3.8, 4) is 0 Å². The van der Waals surface area contributed by atoms with Crippen molar-refractivity contribution in [2.24, 2.45) is 0 Å². The summed E-state index contributed by atoms with van der Waals surface area (Å²) in [5, 5.41) is 8.94. The van der Waals surface area contributed by atoms with Gasteiger partial charge in [0.25, 0.3) is 5.91 Å². The molecule has 1 aromatic heterocycles. The molecule has 17 heavy (non-hydrogen) atoms. The van der Waals surface area contributed by atoms with Crippen molar-refractivity contribution in [2.45, 2.75) is 13.0 Å². The smallest absolute Gasteiger partial charge is 0.254 e. The van der Waals surface area contributed by atoms with Gasteiger partial charge in [-0.15, -0.1) is 0 Å². The van der Waals surface area contributed by atoms with Gasteiger partial charge < -0.3 is 5.32 Å². The summed E-state index contributed by atoms with van der Waals surface area (Å²) in [5.74, 6) is -0.503. The van der Waals surface area contributed by atoms with Gasteiger partial charge in [-0.05, 0) is 19.1 Å². The first-order valence-corrected chi connectivity index (χ1v) is 5.09. The van der Waals surface area contributed by atoms with Crippen LogP contribution >= 0.6 is 0 Å². The standard InChI is InChI=1S/C11H11FN4O/c1-7(10-13-6-14-16-10)15-11(17)8-4-2-3-5-9(8)12/h2-7H,1H3,(H,15,17)(H,13,14,16). The van der Waals surface area contributed by atoms with E-state index in [2.05, 4.69) is 20.5 Å². The maximum Gasteiger partial charge on any atom is 0.254 e. The van der Waals surface area contributed by atoms with E-state index in [9.17, 15) is 9.18 Å². The lowest BCUT2D eigenvalue weighted by Crippen LogP contribution is -2.28. The number of rotatable bonds is 3. The Kier molecular flexibility index (Phi) is 3.13. The Balaban J connectivity index is 2.10. The molecule has 1 unspecified atom stereocenters. The van der Waals surface area contributed by atoms with E-state index in [1.54, 1.807) is 13.0 Å². The van der Waals surface area contributed by atoms with E-state index in [1.165, 1.54) is 24.5 Å². The molecule has 1 heterocycles. The molecule has 6 heteroatoms. The highest BCUT2D eigenvalue weighted by molar-refractivity contribution is 5.94. The molecule has 0 bridgehead atoms. The number of amides is 1. The SMILES string of the molecule is CC(NC(=O)c1ccccc1F)c1ncn[nH]1. The van der Waals surface area contributed by atoms with E-state index in [-0.39, 0.29) is 11.6 Å². The van der Waals surface area contributed by atoms with Crippen molar-refractivity contribution in [3.05, 3.63) is 47.8 Å². The number of carbonyl (C=O) groups excluding carboxylic acids is 1. The summed E-state index contributed by atoms with van der Waals surface area (Å²) < 4.78 is 13.3. The molecule has 0 aliphatic carbocycles. The molecule has 0 spiro atoms. The van der Waals surface area contributed by atoms with E-state index < -0.39 is 11.7 Å². The summed E-state index contributed by atoms with van der Waals surface area (Å²) in [5.41, 5.74) is 0.0128. The summed E-state index contributed by atoms with van der Waals surface area (Å²) in [6, 6.07) is 5.46. The summed E-state index contributed by atoms with van der Waals surface area (Å²) in [6.07, 6.45) is 1.35. The van der Waals surface area contributed by atoms with Gasteiger partial charge in [0.05, 0.1) is 11.6 Å². The predicted octanol–water partition coefficient (Wildman–Crippen LogP) is 1.43. The van der Waals surface area contributed by atoms with Crippen molar-refractivity contribution < 1.29 is 9.18 Å². The molecule has 0 fully saturated rings. The van der Waals surface area contributed by atoms with Gasteiger partial charge in [0.2, 0.25) is 0 Å². The first-order valence-electron chi connectivity index (χ1n) is 5.09. The molecule has 2 rings (SSSR count). The second-order valence-electron chi connectivity index (χ2n) is 3.55. The Bertz CT molecular complexity index is 512. The minimum absolute atomic E-state index is 0.0128. The van der Waals surface area contributed by atoms with Crippen LogP contribution in [0.4, 0.5) is 4.39 Å². The number of benzene rings is 1. The molecule has 0 aliphatic heterocycles.